The van der Waals surface area contributed by atoms with Crippen LogP contribution in [0.25, 0.3) is 71.3 Å². The lowest BCUT2D eigenvalue weighted by Crippen LogP contribution is -2.35. The van der Waals surface area contributed by atoms with Gasteiger partial charge < -0.3 is 4.42 Å². The second kappa shape index (κ2) is 11.1. The molecular formula is C49H37N3O. The Balaban J connectivity index is 1.21. The van der Waals surface area contributed by atoms with Crippen molar-refractivity contribution in [1.82, 2.24) is 9.55 Å². The predicted molar refractivity (Wildman–Crippen MR) is 220 cm³/mol. The van der Waals surface area contributed by atoms with Gasteiger partial charge in [0.15, 0.2) is 0 Å². The van der Waals surface area contributed by atoms with Gasteiger partial charge in [-0.1, -0.05) is 99.6 Å². The van der Waals surface area contributed by atoms with Crippen LogP contribution in [0.15, 0.2) is 161 Å². The number of para-hydroxylation sites is 2. The number of hydrogen-bond acceptors (Lipinski definition) is 3. The molecule has 4 heterocycles. The molecule has 0 fully saturated rings. The largest absolute Gasteiger partial charge is 0.456 e. The van der Waals surface area contributed by atoms with Crippen molar-refractivity contribution in [2.24, 2.45) is 10.9 Å². The molecule has 0 bridgehead atoms. The van der Waals surface area contributed by atoms with Crippen LogP contribution in [0.5, 0.6) is 0 Å². The van der Waals surface area contributed by atoms with Crippen molar-refractivity contribution < 1.29 is 4.42 Å². The zero-order chi connectivity index (χ0) is 35.4. The SMILES string of the molecule is CCC1C(n2c3ccccc3c3cc4ccccc4cc32)=NC2=C(C1c1ccc3oc4ccccc4c3c1)C(C)(C)c1cc(-c3ccncc3)ccc12. The van der Waals surface area contributed by atoms with Crippen LogP contribution >= 0.6 is 0 Å². The number of aliphatic imine (C=N–C) groups is 1. The van der Waals surface area contributed by atoms with Crippen molar-refractivity contribution in [3.05, 3.63) is 168 Å². The molecule has 6 aromatic carbocycles. The number of hydrogen-bond donors (Lipinski definition) is 0. The molecule has 0 spiro atoms. The maximum atomic E-state index is 6.35. The number of pyridine rings is 1. The van der Waals surface area contributed by atoms with E-state index in [0.717, 1.165) is 39.9 Å². The van der Waals surface area contributed by atoms with Crippen LogP contribution in [0.3, 0.4) is 0 Å². The maximum Gasteiger partial charge on any atom is 0.135 e. The summed E-state index contributed by atoms with van der Waals surface area (Å²) in [5.74, 6) is 1.31. The van der Waals surface area contributed by atoms with Gasteiger partial charge >= 0.3 is 0 Å². The van der Waals surface area contributed by atoms with Crippen LogP contribution in [0.1, 0.15) is 49.8 Å². The third kappa shape index (κ3) is 4.29. The second-order valence-electron chi connectivity index (χ2n) is 15.3. The molecule has 2 unspecified atom stereocenters. The van der Waals surface area contributed by atoms with E-state index in [4.69, 9.17) is 9.41 Å². The standard InChI is InChI=1S/C49H37N3O/c1-4-34-45(33-18-20-44-39(26-33)36-14-8-10-16-43(36)53-44)46-47(37-19-17-32(27-40(37)49(46,2)3)29-21-23-50-24-22-29)51-48(34)52-41-15-9-7-13-35(41)38-25-30-11-5-6-12-31(30)28-42(38)52/h5-28,34,45H,4H2,1-3H3. The van der Waals surface area contributed by atoms with Crippen LogP contribution in [0, 0.1) is 5.92 Å². The molecule has 9 aromatic rings. The maximum absolute atomic E-state index is 6.35. The Kier molecular flexibility index (Phi) is 6.37. The molecule has 2 aliphatic rings. The second-order valence-corrected chi connectivity index (χ2v) is 15.3. The average molecular weight is 684 g/mol. The lowest BCUT2D eigenvalue weighted by molar-refractivity contribution is 0.489. The number of furan rings is 1. The Hall–Kier alpha value is -6.26. The highest BCUT2D eigenvalue weighted by Gasteiger charge is 2.48. The van der Waals surface area contributed by atoms with E-state index in [0.29, 0.717) is 0 Å². The summed E-state index contributed by atoms with van der Waals surface area (Å²) in [6, 6.07) is 48.8. The van der Waals surface area contributed by atoms with E-state index in [1.54, 1.807) is 0 Å². The molecule has 0 saturated carbocycles. The number of allylic oxidation sites excluding steroid dienone is 1. The van der Waals surface area contributed by atoms with Gasteiger partial charge in [-0.25, -0.2) is 4.99 Å². The number of aromatic nitrogens is 2. The van der Waals surface area contributed by atoms with Crippen molar-refractivity contribution >= 4 is 66.0 Å². The van der Waals surface area contributed by atoms with Crippen molar-refractivity contribution in [1.29, 1.82) is 0 Å². The zero-order valence-electron chi connectivity index (χ0n) is 30.0. The minimum atomic E-state index is -0.259. The molecule has 11 rings (SSSR count). The molecule has 53 heavy (non-hydrogen) atoms. The van der Waals surface area contributed by atoms with Gasteiger partial charge in [-0.2, -0.15) is 0 Å². The third-order valence-electron chi connectivity index (χ3n) is 12.1. The molecule has 2 atom stereocenters. The fraction of sp³-hybridized carbons (Fsp3) is 0.143. The van der Waals surface area contributed by atoms with Crippen LogP contribution < -0.4 is 0 Å². The Morgan fingerprint density at radius 1 is 0.642 bits per heavy atom. The van der Waals surface area contributed by atoms with Crippen LogP contribution in [-0.2, 0) is 5.41 Å². The van der Waals surface area contributed by atoms with E-state index in [9.17, 15) is 0 Å². The minimum Gasteiger partial charge on any atom is -0.456 e. The highest BCUT2D eigenvalue weighted by Crippen LogP contribution is 2.58. The molecule has 4 heteroatoms. The Bertz CT molecular complexity index is 3030. The first-order valence-corrected chi connectivity index (χ1v) is 18.7. The van der Waals surface area contributed by atoms with Gasteiger partial charge in [0.2, 0.25) is 0 Å². The van der Waals surface area contributed by atoms with E-state index in [1.165, 1.54) is 66.0 Å². The zero-order valence-corrected chi connectivity index (χ0v) is 30.0. The van der Waals surface area contributed by atoms with Gasteiger partial charge in [0.1, 0.15) is 17.0 Å². The lowest BCUT2D eigenvalue weighted by Gasteiger charge is -2.39. The van der Waals surface area contributed by atoms with E-state index in [2.05, 4.69) is 158 Å². The van der Waals surface area contributed by atoms with Crippen molar-refractivity contribution in [2.45, 2.75) is 38.5 Å². The molecule has 3 aromatic heterocycles. The average Bonchev–Trinajstić information content (AvgIpc) is 3.81. The summed E-state index contributed by atoms with van der Waals surface area (Å²) in [6.07, 6.45) is 4.68. The molecule has 254 valence electrons. The Labute approximate surface area is 307 Å². The number of fused-ring (bicyclic) bond motifs is 9. The smallest absolute Gasteiger partial charge is 0.135 e. The van der Waals surface area contributed by atoms with Crippen molar-refractivity contribution in [3.8, 4) is 11.1 Å². The topological polar surface area (TPSA) is 43.3 Å². The number of rotatable bonds is 3. The van der Waals surface area contributed by atoms with Crippen molar-refractivity contribution in [2.75, 3.05) is 0 Å². The van der Waals surface area contributed by atoms with Gasteiger partial charge in [0.05, 0.1) is 16.7 Å². The molecule has 1 aliphatic carbocycles. The fourth-order valence-corrected chi connectivity index (χ4v) is 9.65. The minimum absolute atomic E-state index is 0.0870. The third-order valence-corrected chi connectivity index (χ3v) is 12.1. The van der Waals surface area contributed by atoms with Gasteiger partial charge in [0.25, 0.3) is 0 Å². The quantitative estimate of drug-likeness (QED) is 0.186. The van der Waals surface area contributed by atoms with Crippen LogP contribution in [0.4, 0.5) is 0 Å². The Morgan fingerprint density at radius 3 is 2.21 bits per heavy atom. The molecule has 1 aliphatic heterocycles. The first-order chi connectivity index (χ1) is 26.0. The summed E-state index contributed by atoms with van der Waals surface area (Å²) in [7, 11) is 0. The highest BCUT2D eigenvalue weighted by molar-refractivity contribution is 6.18. The molecule has 0 radical (unpaired) electrons. The number of nitrogens with zero attached hydrogens (tertiary/aromatic N) is 3. The monoisotopic (exact) mass is 683 g/mol. The first-order valence-electron chi connectivity index (χ1n) is 18.7. The summed E-state index contributed by atoms with van der Waals surface area (Å²) in [5.41, 5.74) is 12.7. The number of benzene rings is 6. The predicted octanol–water partition coefficient (Wildman–Crippen LogP) is 12.7. The normalized spacial score (nSPS) is 18.0. The molecule has 0 saturated heterocycles. The fourth-order valence-electron chi connectivity index (χ4n) is 9.65. The van der Waals surface area contributed by atoms with Gasteiger partial charge in [-0.15, -0.1) is 0 Å². The first kappa shape index (κ1) is 30.4. The van der Waals surface area contributed by atoms with E-state index >= 15 is 0 Å². The van der Waals surface area contributed by atoms with Crippen LogP contribution in [0.2, 0.25) is 0 Å². The molecule has 4 nitrogen and oxygen atoms in total. The van der Waals surface area contributed by atoms with Gasteiger partial charge in [0, 0.05) is 56.8 Å². The van der Waals surface area contributed by atoms with E-state index in [1.807, 2.05) is 18.5 Å². The van der Waals surface area contributed by atoms with E-state index < -0.39 is 0 Å². The summed E-state index contributed by atoms with van der Waals surface area (Å²) >= 11 is 0. The van der Waals surface area contributed by atoms with E-state index in [-0.39, 0.29) is 17.3 Å². The molecule has 0 N–H and O–H groups in total. The van der Waals surface area contributed by atoms with Crippen LogP contribution in [-0.4, -0.2) is 15.4 Å². The molecular weight excluding hydrogens is 647 g/mol. The summed E-state index contributed by atoms with van der Waals surface area (Å²) in [6.45, 7) is 7.15. The van der Waals surface area contributed by atoms with Gasteiger partial charge in [-0.3, -0.25) is 9.55 Å². The molecule has 0 amide bonds. The summed E-state index contributed by atoms with van der Waals surface area (Å²) in [5, 5.41) is 7.31. The Morgan fingerprint density at radius 2 is 1.38 bits per heavy atom. The van der Waals surface area contributed by atoms with Crippen molar-refractivity contribution in [3.63, 3.8) is 0 Å². The van der Waals surface area contributed by atoms with Gasteiger partial charge in [-0.05, 0) is 99.6 Å². The summed E-state index contributed by atoms with van der Waals surface area (Å²) < 4.78 is 8.84. The highest BCUT2D eigenvalue weighted by atomic mass is 16.3. The summed E-state index contributed by atoms with van der Waals surface area (Å²) in [4.78, 5) is 10.2. The lowest BCUT2D eigenvalue weighted by atomic mass is 9.67.